The fourth-order valence-corrected chi connectivity index (χ4v) is 3.21. The van der Waals surface area contributed by atoms with Gasteiger partial charge in [0.15, 0.2) is 0 Å². The van der Waals surface area contributed by atoms with Gasteiger partial charge in [0.2, 0.25) is 0 Å². The fourth-order valence-electron chi connectivity index (χ4n) is 3.21. The molecule has 0 bridgehead atoms. The highest BCUT2D eigenvalue weighted by atomic mass is 19.3. The molecule has 1 aliphatic rings. The molecule has 1 saturated carbocycles. The van der Waals surface area contributed by atoms with E-state index < -0.39 is 6.55 Å². The van der Waals surface area contributed by atoms with Crippen molar-refractivity contribution in [1.82, 2.24) is 14.5 Å². The lowest BCUT2D eigenvalue weighted by atomic mass is 9.98. The number of hydrogen-bond donors (Lipinski definition) is 2. The van der Waals surface area contributed by atoms with E-state index in [9.17, 15) is 8.78 Å². The van der Waals surface area contributed by atoms with Crippen LogP contribution in [0.4, 0.5) is 8.78 Å². The third-order valence-electron chi connectivity index (χ3n) is 4.77. The first kappa shape index (κ1) is 22.9. The third-order valence-corrected chi connectivity index (χ3v) is 4.77. The molecule has 2 aromatic heterocycles. The van der Waals surface area contributed by atoms with Gasteiger partial charge in [-0.3, -0.25) is 4.98 Å². The molecule has 0 aromatic carbocycles. The van der Waals surface area contributed by atoms with Gasteiger partial charge in [-0.25, -0.2) is 9.98 Å². The summed E-state index contributed by atoms with van der Waals surface area (Å²) in [4.78, 5) is 11.7. The molecule has 2 aromatic rings. The Labute approximate surface area is 170 Å². The summed E-state index contributed by atoms with van der Waals surface area (Å²) in [6, 6.07) is 1.80. The highest BCUT2D eigenvalue weighted by Gasteiger charge is 2.11. The number of alkyl halides is 2. The van der Waals surface area contributed by atoms with Gasteiger partial charge >= 0.3 is 6.55 Å². The van der Waals surface area contributed by atoms with Crippen LogP contribution < -0.4 is 5.73 Å². The SMILES string of the molecule is CC(C)Cc1nc2cnc(/C(N)=C/C=N/C(F)F)cc2n1C.OC1CCCCC1. The van der Waals surface area contributed by atoms with Crippen LogP contribution in [0.15, 0.2) is 23.3 Å². The molecule has 2 heterocycles. The van der Waals surface area contributed by atoms with Gasteiger partial charge in [-0.15, -0.1) is 0 Å². The second-order valence-corrected chi connectivity index (χ2v) is 7.73. The molecule has 0 aliphatic heterocycles. The molecule has 3 rings (SSSR count). The number of aliphatic imine (C=N–C) groups is 1. The Morgan fingerprint density at radius 2 is 2.03 bits per heavy atom. The number of rotatable bonds is 5. The lowest BCUT2D eigenvalue weighted by Crippen LogP contribution is -2.09. The van der Waals surface area contributed by atoms with Crippen molar-refractivity contribution < 1.29 is 13.9 Å². The molecule has 160 valence electrons. The Morgan fingerprint density at radius 3 is 2.59 bits per heavy atom. The predicted octanol–water partition coefficient (Wildman–Crippen LogP) is 4.07. The largest absolute Gasteiger partial charge is 0.397 e. The zero-order chi connectivity index (χ0) is 21.4. The van der Waals surface area contributed by atoms with Crippen molar-refractivity contribution in [2.45, 2.75) is 65.0 Å². The maximum absolute atomic E-state index is 12.0. The number of allylic oxidation sites excluding steroid dienone is 1. The number of nitrogens with zero attached hydrogens (tertiary/aromatic N) is 4. The molecule has 8 heteroatoms. The Hall–Kier alpha value is -2.35. The van der Waals surface area contributed by atoms with Gasteiger partial charge in [-0.2, -0.15) is 8.78 Å². The van der Waals surface area contributed by atoms with Crippen molar-refractivity contribution in [2.24, 2.45) is 23.7 Å². The fraction of sp³-hybridized carbons (Fsp3) is 0.571. The number of fused-ring (bicyclic) bond motifs is 1. The Kier molecular flexibility index (Phi) is 8.70. The average Bonchev–Trinajstić information content (AvgIpc) is 2.97. The van der Waals surface area contributed by atoms with Crippen LogP contribution in [0.3, 0.4) is 0 Å². The van der Waals surface area contributed by atoms with E-state index in [1.165, 1.54) is 25.3 Å². The molecule has 0 spiro atoms. The monoisotopic (exact) mass is 407 g/mol. The summed E-state index contributed by atoms with van der Waals surface area (Å²) in [7, 11) is 1.94. The molecule has 0 saturated heterocycles. The van der Waals surface area contributed by atoms with E-state index in [0.29, 0.717) is 11.6 Å². The van der Waals surface area contributed by atoms with E-state index in [0.717, 1.165) is 42.3 Å². The van der Waals surface area contributed by atoms with Gasteiger partial charge in [0.25, 0.3) is 0 Å². The predicted molar refractivity (Wildman–Crippen MR) is 113 cm³/mol. The number of aromatic nitrogens is 3. The summed E-state index contributed by atoms with van der Waals surface area (Å²) in [6.07, 6.45) is 10.7. The van der Waals surface area contributed by atoms with Crippen molar-refractivity contribution >= 4 is 22.9 Å². The zero-order valence-corrected chi connectivity index (χ0v) is 17.4. The lowest BCUT2D eigenvalue weighted by Gasteiger charge is -2.14. The van der Waals surface area contributed by atoms with Crippen LogP contribution in [0, 0.1) is 5.92 Å². The molecular weight excluding hydrogens is 376 g/mol. The van der Waals surface area contributed by atoms with Gasteiger partial charge in [0, 0.05) is 19.7 Å². The maximum Gasteiger partial charge on any atom is 0.331 e. The molecule has 0 unspecified atom stereocenters. The Bertz CT molecular complexity index is 839. The molecule has 6 nitrogen and oxygen atoms in total. The maximum atomic E-state index is 12.0. The summed E-state index contributed by atoms with van der Waals surface area (Å²) in [5, 5.41) is 8.91. The molecular formula is C21H31F2N5O. The van der Waals surface area contributed by atoms with Gasteiger partial charge < -0.3 is 15.4 Å². The Balaban J connectivity index is 0.000000360. The van der Waals surface area contributed by atoms with Crippen molar-refractivity contribution in [3.8, 4) is 0 Å². The smallest absolute Gasteiger partial charge is 0.331 e. The van der Waals surface area contributed by atoms with Gasteiger partial charge in [0.1, 0.15) is 11.3 Å². The zero-order valence-electron chi connectivity index (χ0n) is 17.4. The highest BCUT2D eigenvalue weighted by Crippen LogP contribution is 2.19. The van der Waals surface area contributed by atoms with Crippen LogP contribution in [0.2, 0.25) is 0 Å². The highest BCUT2D eigenvalue weighted by molar-refractivity contribution is 5.85. The van der Waals surface area contributed by atoms with Gasteiger partial charge in [-0.05, 0) is 30.9 Å². The minimum absolute atomic E-state index is 0.0359. The van der Waals surface area contributed by atoms with Crippen LogP contribution >= 0.6 is 0 Å². The van der Waals surface area contributed by atoms with Crippen molar-refractivity contribution in [3.05, 3.63) is 29.9 Å². The minimum atomic E-state index is -2.74. The van der Waals surface area contributed by atoms with E-state index in [2.05, 4.69) is 28.8 Å². The normalized spacial score (nSPS) is 16.1. The summed E-state index contributed by atoms with van der Waals surface area (Å²) < 4.78 is 25.9. The van der Waals surface area contributed by atoms with Crippen LogP contribution in [0.5, 0.6) is 0 Å². The number of aliphatic hydroxyl groups excluding tert-OH is 1. The second-order valence-electron chi connectivity index (χ2n) is 7.73. The number of aryl methyl sites for hydroxylation is 1. The quantitative estimate of drug-likeness (QED) is 0.577. The molecule has 0 amide bonds. The number of aliphatic hydroxyl groups is 1. The van der Waals surface area contributed by atoms with E-state index in [4.69, 9.17) is 10.8 Å². The van der Waals surface area contributed by atoms with Crippen LogP contribution in [0.1, 0.15) is 57.5 Å². The Morgan fingerprint density at radius 1 is 1.34 bits per heavy atom. The average molecular weight is 408 g/mol. The number of imidazole rings is 1. The molecule has 3 N–H and O–H groups in total. The van der Waals surface area contributed by atoms with Crippen LogP contribution in [-0.2, 0) is 13.5 Å². The first-order valence-corrected chi connectivity index (χ1v) is 10.0. The van der Waals surface area contributed by atoms with E-state index >= 15 is 0 Å². The molecule has 0 atom stereocenters. The number of hydrogen-bond acceptors (Lipinski definition) is 5. The lowest BCUT2D eigenvalue weighted by molar-refractivity contribution is 0.130. The molecule has 29 heavy (non-hydrogen) atoms. The number of pyridine rings is 1. The van der Waals surface area contributed by atoms with Crippen LogP contribution in [0.25, 0.3) is 16.7 Å². The first-order chi connectivity index (χ1) is 13.8. The number of nitrogens with two attached hydrogens (primary N) is 1. The number of halogens is 2. The van der Waals surface area contributed by atoms with Crippen LogP contribution in [-0.4, -0.2) is 38.5 Å². The van der Waals surface area contributed by atoms with Crippen molar-refractivity contribution in [1.29, 1.82) is 0 Å². The molecule has 1 fully saturated rings. The second kappa shape index (κ2) is 11.0. The molecule has 0 radical (unpaired) electrons. The minimum Gasteiger partial charge on any atom is -0.397 e. The summed E-state index contributed by atoms with van der Waals surface area (Å²) >= 11 is 0. The first-order valence-electron chi connectivity index (χ1n) is 10.0. The van der Waals surface area contributed by atoms with Gasteiger partial charge in [-0.1, -0.05) is 33.1 Å². The summed E-state index contributed by atoms with van der Waals surface area (Å²) in [5.74, 6) is 1.48. The summed E-state index contributed by atoms with van der Waals surface area (Å²) in [5.41, 5.74) is 8.32. The third kappa shape index (κ3) is 7.20. The van der Waals surface area contributed by atoms with Crippen molar-refractivity contribution in [2.75, 3.05) is 0 Å². The van der Waals surface area contributed by atoms with Crippen molar-refractivity contribution in [3.63, 3.8) is 0 Å². The summed E-state index contributed by atoms with van der Waals surface area (Å²) in [6.45, 7) is 1.52. The standard InChI is InChI=1S/C15H19F2N5.C6H12O/c1-9(2)6-14-21-12-8-20-11(7-13(12)22(14)3)10(18)4-5-19-15(16)17;7-6-4-2-1-3-5-6/h4-5,7-9,15H,6,18H2,1-3H3;6-7H,1-5H2/b10-4-,19-5+;. The van der Waals surface area contributed by atoms with E-state index in [-0.39, 0.29) is 11.8 Å². The van der Waals surface area contributed by atoms with Gasteiger partial charge in [0.05, 0.1) is 29.2 Å². The topological polar surface area (TPSA) is 89.3 Å². The van der Waals surface area contributed by atoms with E-state index in [1.807, 2.05) is 11.6 Å². The van der Waals surface area contributed by atoms with E-state index in [1.54, 1.807) is 12.3 Å². The molecule has 1 aliphatic carbocycles.